The summed E-state index contributed by atoms with van der Waals surface area (Å²) in [5, 5.41) is 23.9. The zero-order valence-corrected chi connectivity index (χ0v) is 32.9. The van der Waals surface area contributed by atoms with E-state index >= 15 is 0 Å². The van der Waals surface area contributed by atoms with Crippen molar-refractivity contribution in [3.63, 3.8) is 0 Å². The van der Waals surface area contributed by atoms with Gasteiger partial charge in [0.25, 0.3) is 11.8 Å². The van der Waals surface area contributed by atoms with Crippen LogP contribution in [0, 0.1) is 17.2 Å². The molecule has 0 aliphatic carbocycles. The maximum atomic E-state index is 14.3. The lowest BCUT2D eigenvalue weighted by Crippen LogP contribution is -2.62. The molecule has 2 aromatic rings. The van der Waals surface area contributed by atoms with Crippen LogP contribution in [0.2, 0.25) is 0 Å². The van der Waals surface area contributed by atoms with Crippen molar-refractivity contribution in [2.24, 2.45) is 11.3 Å². The van der Waals surface area contributed by atoms with Gasteiger partial charge in [-0.2, -0.15) is 0 Å². The molecule has 2 aliphatic heterocycles. The number of ether oxygens (including phenoxy) is 3. The van der Waals surface area contributed by atoms with Crippen molar-refractivity contribution in [3.8, 4) is 11.6 Å². The molecular weight excluding hydrogens is 701 g/mol. The summed E-state index contributed by atoms with van der Waals surface area (Å²) in [6.07, 6.45) is 5.85. The first kappa shape index (κ1) is 44.1. The van der Waals surface area contributed by atoms with Crippen LogP contribution in [0.25, 0.3) is 0 Å². The van der Waals surface area contributed by atoms with E-state index in [4.69, 9.17) is 24.4 Å². The molecule has 300 valence electrons. The molecule has 4 rings (SSSR count). The molecule has 2 fully saturated rings. The highest BCUT2D eigenvalue weighted by Gasteiger charge is 2.50. The summed E-state index contributed by atoms with van der Waals surface area (Å²) in [6, 6.07) is 4.73. The minimum Gasteiger partial charge on any atom is -0.478 e. The van der Waals surface area contributed by atoms with Crippen molar-refractivity contribution < 1.29 is 43.2 Å². The average Bonchev–Trinajstić information content (AvgIpc) is 3.55. The molecule has 54 heavy (non-hydrogen) atoms. The number of carboxylic acid groups (broad SMARTS) is 2. The molecule has 1 aromatic carbocycles. The number of carbonyl (C=O) groups is 3. The number of hydrogen-bond acceptors (Lipinski definition) is 12. The highest BCUT2D eigenvalue weighted by Crippen LogP contribution is 2.44. The van der Waals surface area contributed by atoms with E-state index in [2.05, 4.69) is 50.8 Å². The second-order valence-electron chi connectivity index (χ2n) is 14.6. The van der Waals surface area contributed by atoms with E-state index in [1.54, 1.807) is 19.1 Å². The van der Waals surface area contributed by atoms with Crippen LogP contribution in [0.5, 0.6) is 11.6 Å². The van der Waals surface area contributed by atoms with Gasteiger partial charge in [0.05, 0.1) is 24.8 Å². The van der Waals surface area contributed by atoms with Crippen LogP contribution in [-0.4, -0.2) is 150 Å². The van der Waals surface area contributed by atoms with Crippen molar-refractivity contribution in [3.05, 3.63) is 48.1 Å². The molecule has 0 bridgehead atoms. The first-order valence-corrected chi connectivity index (χ1v) is 18.4. The topological polar surface area (TPSA) is 171 Å². The highest BCUT2D eigenvalue weighted by atomic mass is 19.1. The number of likely N-dealkylation sites (N-methyl/N-ethyl adjacent to an activating group) is 1. The summed E-state index contributed by atoms with van der Waals surface area (Å²) in [7, 11) is 5.63. The van der Waals surface area contributed by atoms with Gasteiger partial charge in [-0.3, -0.25) is 14.6 Å². The molecule has 15 nitrogen and oxygen atoms in total. The molecule has 2 N–H and O–H groups in total. The SMILES string of the molecule is CCN(C(=O)c1cc(F)ccc1Oc1nncnc1N1CCC2(C1)CN(C(CCCN(C)C(COC)COC)C(C)C)C2)C(C)C.O=C(O)/C=C/C(=O)O. The van der Waals surface area contributed by atoms with E-state index in [9.17, 15) is 18.8 Å². The molecular formula is C38H58FN7O8. The summed E-state index contributed by atoms with van der Waals surface area (Å²) >= 11 is 0. The Morgan fingerprint density at radius 2 is 1.69 bits per heavy atom. The Bertz CT molecular complexity index is 1530. The third kappa shape index (κ3) is 12.4. The lowest BCUT2D eigenvalue weighted by molar-refractivity contribution is -0.134. The fraction of sp³-hybridized carbons (Fsp3) is 0.632. The fourth-order valence-electron chi connectivity index (χ4n) is 7.23. The first-order valence-electron chi connectivity index (χ1n) is 18.4. The number of likely N-dealkylation sites (tertiary alicyclic amines) is 1. The molecule has 1 unspecified atom stereocenters. The number of aliphatic carboxylic acids is 2. The normalized spacial score (nSPS) is 15.9. The van der Waals surface area contributed by atoms with Gasteiger partial charge in [0.15, 0.2) is 5.82 Å². The van der Waals surface area contributed by atoms with Crippen LogP contribution in [-0.2, 0) is 19.1 Å². The Kier molecular flexibility index (Phi) is 17.2. The molecule has 0 saturated carbocycles. The van der Waals surface area contributed by atoms with Crippen LogP contribution in [0.15, 0.2) is 36.7 Å². The van der Waals surface area contributed by atoms with E-state index in [1.807, 2.05) is 20.8 Å². The average molecular weight is 760 g/mol. The van der Waals surface area contributed by atoms with Crippen molar-refractivity contribution in [2.45, 2.75) is 72.0 Å². The summed E-state index contributed by atoms with van der Waals surface area (Å²) in [5.74, 6) is -1.71. The molecule has 2 saturated heterocycles. The van der Waals surface area contributed by atoms with Gasteiger partial charge in [-0.1, -0.05) is 13.8 Å². The Labute approximate surface area is 318 Å². The predicted octanol–water partition coefficient (Wildman–Crippen LogP) is 4.30. The van der Waals surface area contributed by atoms with Gasteiger partial charge in [0.1, 0.15) is 17.9 Å². The Morgan fingerprint density at radius 1 is 1.04 bits per heavy atom. The zero-order valence-electron chi connectivity index (χ0n) is 32.9. The van der Waals surface area contributed by atoms with Gasteiger partial charge >= 0.3 is 11.9 Å². The van der Waals surface area contributed by atoms with E-state index in [-0.39, 0.29) is 40.6 Å². The lowest BCUT2D eigenvalue weighted by Gasteiger charge is -2.53. The van der Waals surface area contributed by atoms with Crippen LogP contribution >= 0.6 is 0 Å². The number of carboxylic acids is 2. The predicted molar refractivity (Wildman–Crippen MR) is 201 cm³/mol. The largest absolute Gasteiger partial charge is 0.478 e. The molecule has 1 spiro atoms. The van der Waals surface area contributed by atoms with E-state index in [0.717, 1.165) is 52.0 Å². The van der Waals surface area contributed by atoms with E-state index in [0.29, 0.717) is 49.7 Å². The molecule has 2 aliphatic rings. The monoisotopic (exact) mass is 759 g/mol. The van der Waals surface area contributed by atoms with Gasteiger partial charge in [0.2, 0.25) is 0 Å². The summed E-state index contributed by atoms with van der Waals surface area (Å²) in [6.45, 7) is 17.0. The van der Waals surface area contributed by atoms with Crippen molar-refractivity contribution in [2.75, 3.05) is 78.6 Å². The number of amides is 1. The summed E-state index contributed by atoms with van der Waals surface area (Å²) in [5.41, 5.74) is 0.336. The first-order chi connectivity index (χ1) is 25.6. The van der Waals surface area contributed by atoms with Crippen LogP contribution < -0.4 is 9.64 Å². The summed E-state index contributed by atoms with van der Waals surface area (Å²) in [4.78, 5) is 45.9. The third-order valence-electron chi connectivity index (χ3n) is 9.95. The number of aromatic nitrogens is 3. The second kappa shape index (κ2) is 21.0. The number of hydrogen-bond donors (Lipinski definition) is 2. The number of carbonyl (C=O) groups excluding carboxylic acids is 1. The van der Waals surface area contributed by atoms with Gasteiger partial charge in [-0.05, 0) is 77.7 Å². The number of benzene rings is 1. The molecule has 3 heterocycles. The lowest BCUT2D eigenvalue weighted by atomic mass is 9.76. The fourth-order valence-corrected chi connectivity index (χ4v) is 7.23. The molecule has 1 amide bonds. The van der Waals surface area contributed by atoms with Crippen LogP contribution in [0.1, 0.15) is 64.2 Å². The molecule has 16 heteroatoms. The number of halogens is 1. The van der Waals surface area contributed by atoms with Gasteiger partial charge in [-0.15, -0.1) is 10.2 Å². The molecule has 1 aromatic heterocycles. The second-order valence-corrected chi connectivity index (χ2v) is 14.6. The van der Waals surface area contributed by atoms with Crippen molar-refractivity contribution in [1.82, 2.24) is 29.9 Å². The Balaban J connectivity index is 0.000000879. The van der Waals surface area contributed by atoms with Gasteiger partial charge in [0, 0.05) is 76.6 Å². The maximum absolute atomic E-state index is 14.3. The minimum absolute atomic E-state index is 0.0454. The van der Waals surface area contributed by atoms with Crippen LogP contribution in [0.4, 0.5) is 10.2 Å². The molecule has 0 radical (unpaired) electrons. The van der Waals surface area contributed by atoms with Crippen molar-refractivity contribution in [1.29, 1.82) is 0 Å². The van der Waals surface area contributed by atoms with Gasteiger partial charge < -0.3 is 34.2 Å². The minimum atomic E-state index is -1.26. The quantitative estimate of drug-likeness (QED) is 0.194. The summed E-state index contributed by atoms with van der Waals surface area (Å²) < 4.78 is 31.3. The van der Waals surface area contributed by atoms with E-state index in [1.165, 1.54) is 24.5 Å². The smallest absolute Gasteiger partial charge is 0.328 e. The third-order valence-corrected chi connectivity index (χ3v) is 9.95. The number of anilines is 1. The Morgan fingerprint density at radius 3 is 2.24 bits per heavy atom. The van der Waals surface area contributed by atoms with Crippen molar-refractivity contribution >= 4 is 23.7 Å². The highest BCUT2D eigenvalue weighted by molar-refractivity contribution is 5.97. The maximum Gasteiger partial charge on any atom is 0.328 e. The standard InChI is InChI=1S/C34H54FN7O4.C4H4O4/c1-9-42(25(4)5)33(43)28-17-26(35)12-13-30(28)46-32-31(36-23-37-38-32)40-16-14-34(20-40)21-41(22-34)29(24(2)3)11-10-15-39(6)27(18-44-7)19-45-8;5-3(6)1-2-4(7)8/h12-13,17,23-25,27,29H,9-11,14-16,18-22H2,1-8H3;1-2H,(H,5,6)(H,7,8)/b;2-1+. The molecule has 1 atom stereocenters. The number of rotatable bonds is 19. The zero-order chi connectivity index (χ0) is 40.0. The Hall–Kier alpha value is -4.25. The van der Waals surface area contributed by atoms with E-state index < -0.39 is 17.8 Å². The number of methoxy groups -OCH3 is 2. The van der Waals surface area contributed by atoms with Crippen LogP contribution in [0.3, 0.4) is 0 Å². The van der Waals surface area contributed by atoms with Gasteiger partial charge in [-0.25, -0.2) is 19.0 Å². The number of nitrogens with zero attached hydrogens (tertiary/aromatic N) is 7.